The van der Waals surface area contributed by atoms with Gasteiger partial charge in [0.25, 0.3) is 0 Å². The molecular weight excluding hydrogens is 218 g/mol. The Hall–Kier alpha value is -1.68. The second-order valence-corrected chi connectivity index (χ2v) is 4.23. The number of aryl methyl sites for hydroxylation is 1. The lowest BCUT2D eigenvalue weighted by molar-refractivity contribution is -0.166. The molecule has 0 amide bonds. The van der Waals surface area contributed by atoms with Crippen LogP contribution in [0, 0.1) is 6.92 Å². The Kier molecular flexibility index (Phi) is 3.54. The molecule has 0 atom stereocenters. The van der Waals surface area contributed by atoms with Crippen LogP contribution in [0.25, 0.3) is 0 Å². The Bertz CT molecular complexity index is 426. The van der Waals surface area contributed by atoms with E-state index in [1.54, 1.807) is 0 Å². The number of nitrogens with zero attached hydrogens (tertiary/aromatic N) is 1. The van der Waals surface area contributed by atoms with E-state index in [1.165, 1.54) is 11.1 Å². The molecule has 0 N–H and O–H groups in total. The van der Waals surface area contributed by atoms with Gasteiger partial charge in [-0.05, 0) is 24.5 Å². The van der Waals surface area contributed by atoms with Crippen molar-refractivity contribution < 1.29 is 14.3 Å². The first kappa shape index (κ1) is 11.8. The quantitative estimate of drug-likeness (QED) is 0.575. The van der Waals surface area contributed by atoms with Crippen molar-refractivity contribution in [2.75, 3.05) is 19.6 Å². The molecule has 1 heterocycles. The second kappa shape index (κ2) is 5.10. The summed E-state index contributed by atoms with van der Waals surface area (Å²) in [7, 11) is 0. The average Bonchev–Trinajstić information content (AvgIpc) is 2.27. The average molecular weight is 233 g/mol. The van der Waals surface area contributed by atoms with Crippen LogP contribution in [0.3, 0.4) is 0 Å². The lowest BCUT2D eigenvalue weighted by Crippen LogP contribution is -2.43. The molecule has 2 rings (SSSR count). The van der Waals surface area contributed by atoms with E-state index in [2.05, 4.69) is 23.8 Å². The minimum absolute atomic E-state index is 0.206. The zero-order chi connectivity index (χ0) is 12.3. The topological polar surface area (TPSA) is 46.6 Å². The van der Waals surface area contributed by atoms with E-state index in [0.29, 0.717) is 6.54 Å². The lowest BCUT2D eigenvalue weighted by atomic mass is 10.1. The number of carbonyl (C=O) groups excluding carboxylic acids is 2. The SMILES string of the molecule is Cc1ccccc1CCN1CC(=O)OC(=O)C1. The molecule has 17 heavy (non-hydrogen) atoms. The number of ether oxygens (including phenoxy) is 1. The van der Waals surface area contributed by atoms with Crippen molar-refractivity contribution in [3.63, 3.8) is 0 Å². The molecular formula is C13H15NO3. The van der Waals surface area contributed by atoms with Gasteiger partial charge in [0.05, 0.1) is 13.1 Å². The third-order valence-corrected chi connectivity index (χ3v) is 2.89. The molecule has 1 aromatic rings. The maximum Gasteiger partial charge on any atom is 0.327 e. The van der Waals surface area contributed by atoms with Crippen molar-refractivity contribution in [2.45, 2.75) is 13.3 Å². The van der Waals surface area contributed by atoms with Crippen molar-refractivity contribution in [1.29, 1.82) is 0 Å². The molecule has 0 saturated carbocycles. The monoisotopic (exact) mass is 233 g/mol. The molecule has 1 aromatic carbocycles. The number of hydrogen-bond donors (Lipinski definition) is 0. The summed E-state index contributed by atoms with van der Waals surface area (Å²) in [5, 5.41) is 0. The number of cyclic esters (lactones) is 2. The van der Waals surface area contributed by atoms with E-state index < -0.39 is 11.9 Å². The van der Waals surface area contributed by atoms with Gasteiger partial charge in [-0.15, -0.1) is 0 Å². The first-order valence-electron chi connectivity index (χ1n) is 5.65. The van der Waals surface area contributed by atoms with E-state index in [0.717, 1.165) is 6.42 Å². The highest BCUT2D eigenvalue weighted by Crippen LogP contribution is 2.09. The smallest absolute Gasteiger partial charge is 0.327 e. The van der Waals surface area contributed by atoms with E-state index in [4.69, 9.17) is 0 Å². The third-order valence-electron chi connectivity index (χ3n) is 2.89. The van der Waals surface area contributed by atoms with Crippen LogP contribution >= 0.6 is 0 Å². The minimum atomic E-state index is -0.453. The summed E-state index contributed by atoms with van der Waals surface area (Å²) in [6.45, 7) is 3.17. The van der Waals surface area contributed by atoms with Crippen LogP contribution in [0.1, 0.15) is 11.1 Å². The number of morpholine rings is 1. The lowest BCUT2D eigenvalue weighted by Gasteiger charge is -2.24. The Balaban J connectivity index is 1.92. The Morgan fingerprint density at radius 3 is 2.47 bits per heavy atom. The summed E-state index contributed by atoms with van der Waals surface area (Å²) in [6, 6.07) is 8.13. The Morgan fingerprint density at radius 2 is 1.82 bits per heavy atom. The number of carbonyl (C=O) groups is 2. The summed E-state index contributed by atoms with van der Waals surface area (Å²) < 4.78 is 4.47. The molecule has 4 heteroatoms. The van der Waals surface area contributed by atoms with Gasteiger partial charge in [0.1, 0.15) is 0 Å². The summed E-state index contributed by atoms with van der Waals surface area (Å²) >= 11 is 0. The van der Waals surface area contributed by atoms with Crippen LogP contribution < -0.4 is 0 Å². The highest BCUT2D eigenvalue weighted by atomic mass is 16.6. The van der Waals surface area contributed by atoms with Crippen LogP contribution in [0.5, 0.6) is 0 Å². The zero-order valence-electron chi connectivity index (χ0n) is 9.81. The summed E-state index contributed by atoms with van der Waals surface area (Å²) in [4.78, 5) is 24.0. The predicted octanol–water partition coefficient (Wildman–Crippen LogP) is 0.923. The molecule has 0 bridgehead atoms. The molecule has 90 valence electrons. The number of rotatable bonds is 3. The van der Waals surface area contributed by atoms with Gasteiger partial charge in [-0.25, -0.2) is 0 Å². The van der Waals surface area contributed by atoms with Gasteiger partial charge in [-0.2, -0.15) is 0 Å². The van der Waals surface area contributed by atoms with Crippen LogP contribution in [0.2, 0.25) is 0 Å². The number of benzene rings is 1. The van der Waals surface area contributed by atoms with Gasteiger partial charge >= 0.3 is 11.9 Å². The molecule has 0 aromatic heterocycles. The summed E-state index contributed by atoms with van der Waals surface area (Å²) in [5.74, 6) is -0.905. The number of hydrogen-bond acceptors (Lipinski definition) is 4. The molecule has 1 aliphatic rings. The highest BCUT2D eigenvalue weighted by molar-refractivity contribution is 5.90. The largest absolute Gasteiger partial charge is 0.391 e. The van der Waals surface area contributed by atoms with Crippen LogP contribution in [-0.4, -0.2) is 36.5 Å². The molecule has 0 aliphatic carbocycles. The van der Waals surface area contributed by atoms with Crippen LogP contribution in [-0.2, 0) is 20.7 Å². The van der Waals surface area contributed by atoms with Gasteiger partial charge in [0.15, 0.2) is 0 Å². The summed E-state index contributed by atoms with van der Waals surface area (Å²) in [6.07, 6.45) is 0.841. The normalized spacial score (nSPS) is 17.0. The zero-order valence-corrected chi connectivity index (χ0v) is 9.81. The van der Waals surface area contributed by atoms with Gasteiger partial charge in [0.2, 0.25) is 0 Å². The van der Waals surface area contributed by atoms with Crippen molar-refractivity contribution in [1.82, 2.24) is 4.90 Å². The van der Waals surface area contributed by atoms with E-state index in [-0.39, 0.29) is 13.1 Å². The highest BCUT2D eigenvalue weighted by Gasteiger charge is 2.24. The maximum absolute atomic E-state index is 11.1. The first-order valence-corrected chi connectivity index (χ1v) is 5.65. The van der Waals surface area contributed by atoms with Gasteiger partial charge in [-0.3, -0.25) is 14.5 Å². The minimum Gasteiger partial charge on any atom is -0.391 e. The van der Waals surface area contributed by atoms with E-state index in [1.807, 2.05) is 17.0 Å². The fraction of sp³-hybridized carbons (Fsp3) is 0.385. The molecule has 4 nitrogen and oxygen atoms in total. The summed E-state index contributed by atoms with van der Waals surface area (Å²) in [5.41, 5.74) is 2.48. The molecule has 0 unspecified atom stereocenters. The van der Waals surface area contributed by atoms with Crippen molar-refractivity contribution in [3.8, 4) is 0 Å². The van der Waals surface area contributed by atoms with Crippen LogP contribution in [0.4, 0.5) is 0 Å². The molecule has 0 spiro atoms. The maximum atomic E-state index is 11.1. The fourth-order valence-electron chi connectivity index (χ4n) is 1.94. The van der Waals surface area contributed by atoms with E-state index >= 15 is 0 Å². The van der Waals surface area contributed by atoms with E-state index in [9.17, 15) is 9.59 Å². The van der Waals surface area contributed by atoms with Gasteiger partial charge in [-0.1, -0.05) is 24.3 Å². The second-order valence-electron chi connectivity index (χ2n) is 4.23. The van der Waals surface area contributed by atoms with Gasteiger partial charge in [0, 0.05) is 6.54 Å². The van der Waals surface area contributed by atoms with Crippen molar-refractivity contribution in [2.24, 2.45) is 0 Å². The van der Waals surface area contributed by atoms with Crippen LogP contribution in [0.15, 0.2) is 24.3 Å². The van der Waals surface area contributed by atoms with Crippen molar-refractivity contribution in [3.05, 3.63) is 35.4 Å². The molecule has 1 saturated heterocycles. The molecule has 1 aliphatic heterocycles. The Labute approximate surface area is 100 Å². The third kappa shape index (κ3) is 3.14. The predicted molar refractivity (Wildman–Crippen MR) is 62.4 cm³/mol. The fourth-order valence-corrected chi connectivity index (χ4v) is 1.94. The molecule has 0 radical (unpaired) electrons. The standard InChI is InChI=1S/C13H15NO3/c1-10-4-2-3-5-11(10)6-7-14-8-12(15)17-13(16)9-14/h2-5H,6-9H2,1H3. The van der Waals surface area contributed by atoms with Crippen molar-refractivity contribution >= 4 is 11.9 Å². The first-order chi connectivity index (χ1) is 8.15. The molecule has 1 fully saturated rings. The van der Waals surface area contributed by atoms with Gasteiger partial charge < -0.3 is 4.74 Å². The Morgan fingerprint density at radius 1 is 1.18 bits per heavy atom. The number of esters is 2.